The first-order chi connectivity index (χ1) is 7.65. The molecule has 6 heteroatoms. The lowest BCUT2D eigenvalue weighted by Gasteiger charge is -2.15. The van der Waals surface area contributed by atoms with Crippen molar-refractivity contribution < 1.29 is 19.4 Å². The van der Waals surface area contributed by atoms with Gasteiger partial charge >= 0.3 is 5.97 Å². The summed E-state index contributed by atoms with van der Waals surface area (Å²) in [6.07, 6.45) is 0.358. The number of rotatable bonds is 6. The minimum atomic E-state index is -0.922. The van der Waals surface area contributed by atoms with E-state index in [2.05, 4.69) is 10.6 Å². The number of hydrogen-bond donors (Lipinski definition) is 3. The molecule has 0 aromatic carbocycles. The lowest BCUT2D eigenvalue weighted by atomic mass is 10.0. The fourth-order valence-corrected chi connectivity index (χ4v) is 1.60. The predicted octanol–water partition coefficient (Wildman–Crippen LogP) is -0.798. The first kappa shape index (κ1) is 12.9. The molecule has 0 aromatic heterocycles. The van der Waals surface area contributed by atoms with Gasteiger partial charge in [-0.05, 0) is 6.54 Å². The Labute approximate surface area is 94.3 Å². The summed E-state index contributed by atoms with van der Waals surface area (Å²) in [7, 11) is 0. The van der Waals surface area contributed by atoms with E-state index in [0.717, 1.165) is 6.54 Å². The van der Waals surface area contributed by atoms with Gasteiger partial charge in [0.2, 0.25) is 5.91 Å². The fraction of sp³-hybridized carbons (Fsp3) is 0.800. The molecule has 0 aromatic rings. The Bertz CT molecular complexity index is 257. The van der Waals surface area contributed by atoms with Crippen LogP contribution in [0.2, 0.25) is 0 Å². The second-order valence-electron chi connectivity index (χ2n) is 3.76. The molecule has 6 nitrogen and oxygen atoms in total. The molecule has 3 N–H and O–H groups in total. The molecule has 16 heavy (non-hydrogen) atoms. The van der Waals surface area contributed by atoms with Gasteiger partial charge in [-0.25, -0.2) is 0 Å². The molecule has 0 aliphatic carbocycles. The smallest absolute Gasteiger partial charge is 0.311 e. The molecule has 1 aliphatic rings. The van der Waals surface area contributed by atoms with Crippen molar-refractivity contribution in [3.63, 3.8) is 0 Å². The molecule has 1 saturated heterocycles. The van der Waals surface area contributed by atoms with Crippen molar-refractivity contribution in [3.8, 4) is 0 Å². The van der Waals surface area contributed by atoms with Gasteiger partial charge in [-0.2, -0.15) is 0 Å². The average Bonchev–Trinajstić information content (AvgIpc) is 2.66. The highest BCUT2D eigenvalue weighted by molar-refractivity contribution is 5.78. The molecule has 2 unspecified atom stereocenters. The maximum atomic E-state index is 11.4. The molecule has 1 fully saturated rings. The predicted molar refractivity (Wildman–Crippen MR) is 57.0 cm³/mol. The van der Waals surface area contributed by atoms with Gasteiger partial charge in [-0.15, -0.1) is 0 Å². The lowest BCUT2D eigenvalue weighted by molar-refractivity contribution is -0.142. The van der Waals surface area contributed by atoms with Crippen molar-refractivity contribution in [2.24, 2.45) is 5.92 Å². The minimum absolute atomic E-state index is 0.136. The zero-order valence-electron chi connectivity index (χ0n) is 9.36. The Morgan fingerprint density at radius 2 is 2.19 bits per heavy atom. The van der Waals surface area contributed by atoms with Gasteiger partial charge in [0.1, 0.15) is 5.92 Å². The molecule has 0 radical (unpaired) electrons. The van der Waals surface area contributed by atoms with Gasteiger partial charge in [0.25, 0.3) is 0 Å². The quantitative estimate of drug-likeness (QED) is 0.520. The second kappa shape index (κ2) is 6.44. The van der Waals surface area contributed by atoms with Gasteiger partial charge in [0.05, 0.1) is 19.3 Å². The number of carbonyl (C=O) groups is 2. The van der Waals surface area contributed by atoms with E-state index in [1.54, 1.807) is 0 Å². The van der Waals surface area contributed by atoms with Crippen molar-refractivity contribution in [1.82, 2.24) is 10.6 Å². The standard InChI is InChI=1S/C10H18N2O4/c1-2-11-4-3-9(13)12-8-6-16-5-7(8)10(14)15/h7-8,11H,2-6H2,1H3,(H,12,13)(H,14,15). The Kier molecular flexibility index (Phi) is 5.21. The van der Waals surface area contributed by atoms with E-state index >= 15 is 0 Å². The van der Waals surface area contributed by atoms with E-state index in [0.29, 0.717) is 13.0 Å². The van der Waals surface area contributed by atoms with E-state index in [4.69, 9.17) is 9.84 Å². The number of hydrogen-bond acceptors (Lipinski definition) is 4. The highest BCUT2D eigenvalue weighted by atomic mass is 16.5. The minimum Gasteiger partial charge on any atom is -0.481 e. The normalized spacial score (nSPS) is 24.3. The number of carbonyl (C=O) groups excluding carboxylic acids is 1. The summed E-state index contributed by atoms with van der Waals surface area (Å²) in [5.41, 5.74) is 0. The van der Waals surface area contributed by atoms with Crippen molar-refractivity contribution in [3.05, 3.63) is 0 Å². The summed E-state index contributed by atoms with van der Waals surface area (Å²) >= 11 is 0. The van der Waals surface area contributed by atoms with E-state index < -0.39 is 17.9 Å². The van der Waals surface area contributed by atoms with Crippen LogP contribution in [0.15, 0.2) is 0 Å². The number of ether oxygens (including phenoxy) is 1. The van der Waals surface area contributed by atoms with Gasteiger partial charge in [0, 0.05) is 13.0 Å². The summed E-state index contributed by atoms with van der Waals surface area (Å²) in [4.78, 5) is 22.3. The number of aliphatic carboxylic acids is 1. The van der Waals surface area contributed by atoms with Gasteiger partial charge in [-0.1, -0.05) is 6.92 Å². The van der Waals surface area contributed by atoms with Crippen molar-refractivity contribution >= 4 is 11.9 Å². The van der Waals surface area contributed by atoms with Crippen LogP contribution in [0.5, 0.6) is 0 Å². The van der Waals surface area contributed by atoms with Crippen LogP contribution >= 0.6 is 0 Å². The molecule has 1 heterocycles. The maximum absolute atomic E-state index is 11.4. The molecular formula is C10H18N2O4. The molecule has 1 aliphatic heterocycles. The van der Waals surface area contributed by atoms with Crippen molar-refractivity contribution in [2.45, 2.75) is 19.4 Å². The first-order valence-electron chi connectivity index (χ1n) is 5.45. The highest BCUT2D eigenvalue weighted by Gasteiger charge is 2.34. The maximum Gasteiger partial charge on any atom is 0.311 e. The average molecular weight is 230 g/mol. The van der Waals surface area contributed by atoms with E-state index in [1.807, 2.05) is 6.92 Å². The molecule has 0 bridgehead atoms. The van der Waals surface area contributed by atoms with E-state index in [1.165, 1.54) is 0 Å². The first-order valence-corrected chi connectivity index (χ1v) is 5.45. The van der Waals surface area contributed by atoms with Crippen LogP contribution in [-0.2, 0) is 14.3 Å². The third-order valence-corrected chi connectivity index (χ3v) is 2.52. The SMILES string of the molecule is CCNCCC(=O)NC1COCC1C(=O)O. The van der Waals surface area contributed by atoms with E-state index in [-0.39, 0.29) is 19.1 Å². The third kappa shape index (κ3) is 3.79. The molecule has 0 spiro atoms. The molecule has 1 rings (SSSR count). The molecule has 0 saturated carbocycles. The number of nitrogens with one attached hydrogen (secondary N) is 2. The number of carboxylic acid groups (broad SMARTS) is 1. The zero-order chi connectivity index (χ0) is 12.0. The Balaban J connectivity index is 2.30. The molecule has 2 atom stereocenters. The van der Waals surface area contributed by atoms with Gasteiger partial charge < -0.3 is 20.5 Å². The van der Waals surface area contributed by atoms with Crippen LogP contribution in [0.25, 0.3) is 0 Å². The lowest BCUT2D eigenvalue weighted by Crippen LogP contribution is -2.43. The third-order valence-electron chi connectivity index (χ3n) is 2.52. The number of amides is 1. The summed E-state index contributed by atoms with van der Waals surface area (Å²) in [6, 6.07) is -0.397. The topological polar surface area (TPSA) is 87.7 Å². The van der Waals surface area contributed by atoms with Gasteiger partial charge in [0.15, 0.2) is 0 Å². The molecule has 92 valence electrons. The van der Waals surface area contributed by atoms with Crippen LogP contribution in [0.1, 0.15) is 13.3 Å². The van der Waals surface area contributed by atoms with Crippen LogP contribution in [-0.4, -0.2) is 49.3 Å². The fourth-order valence-electron chi connectivity index (χ4n) is 1.60. The van der Waals surface area contributed by atoms with Crippen LogP contribution < -0.4 is 10.6 Å². The van der Waals surface area contributed by atoms with E-state index in [9.17, 15) is 9.59 Å². The van der Waals surface area contributed by atoms with Crippen LogP contribution in [0.4, 0.5) is 0 Å². The summed E-state index contributed by atoms with van der Waals surface area (Å²) < 4.78 is 5.05. The summed E-state index contributed by atoms with van der Waals surface area (Å²) in [5.74, 6) is -1.68. The largest absolute Gasteiger partial charge is 0.481 e. The summed E-state index contributed by atoms with van der Waals surface area (Å²) in [6.45, 7) is 3.84. The molecular weight excluding hydrogens is 212 g/mol. The Morgan fingerprint density at radius 3 is 2.81 bits per heavy atom. The zero-order valence-corrected chi connectivity index (χ0v) is 9.36. The van der Waals surface area contributed by atoms with Crippen LogP contribution in [0, 0.1) is 5.92 Å². The van der Waals surface area contributed by atoms with Crippen LogP contribution in [0.3, 0.4) is 0 Å². The van der Waals surface area contributed by atoms with Crippen molar-refractivity contribution in [1.29, 1.82) is 0 Å². The Morgan fingerprint density at radius 1 is 1.44 bits per heavy atom. The monoisotopic (exact) mass is 230 g/mol. The number of carboxylic acids is 1. The second-order valence-corrected chi connectivity index (χ2v) is 3.76. The Hall–Kier alpha value is -1.14. The van der Waals surface area contributed by atoms with Crippen molar-refractivity contribution in [2.75, 3.05) is 26.3 Å². The van der Waals surface area contributed by atoms with Gasteiger partial charge in [-0.3, -0.25) is 9.59 Å². The summed E-state index contributed by atoms with van der Waals surface area (Å²) in [5, 5.41) is 14.6. The molecule has 1 amide bonds. The highest BCUT2D eigenvalue weighted by Crippen LogP contribution is 2.13.